The van der Waals surface area contributed by atoms with Gasteiger partial charge in [0.2, 0.25) is 0 Å². The average Bonchev–Trinajstić information content (AvgIpc) is 2.75. The van der Waals surface area contributed by atoms with E-state index in [1.807, 2.05) is 31.2 Å². The van der Waals surface area contributed by atoms with Gasteiger partial charge in [0, 0.05) is 24.4 Å². The lowest BCUT2D eigenvalue weighted by Crippen LogP contribution is -2.34. The van der Waals surface area contributed by atoms with E-state index in [-0.39, 0.29) is 31.2 Å². The van der Waals surface area contributed by atoms with Crippen LogP contribution < -0.4 is 20.3 Å². The van der Waals surface area contributed by atoms with Crippen molar-refractivity contribution in [3.05, 3.63) is 71.3 Å². The molecule has 150 valence electrons. The van der Waals surface area contributed by atoms with E-state index in [2.05, 4.69) is 15.4 Å². The Balaban J connectivity index is 1.54. The minimum Gasteiger partial charge on any atom is -0.494 e. The number of carbonyl (C=O) groups excluding carboxylic acids is 1. The van der Waals surface area contributed by atoms with E-state index < -0.39 is 0 Å². The summed E-state index contributed by atoms with van der Waals surface area (Å²) in [6, 6.07) is 14.1. The van der Waals surface area contributed by atoms with Crippen molar-refractivity contribution in [2.24, 2.45) is 0 Å². The standard InChI is InChI=1S/C21H22N4O4/c1-2-28-17-7-5-16(6-8-17)19-9-10-21(27)25(24-19)13-12-23-20(26)15-29-18-4-3-11-22-14-18/h3-11,14H,2,12-13,15H2,1H3,(H,23,26). The molecule has 1 amide bonds. The van der Waals surface area contributed by atoms with Gasteiger partial charge in [-0.3, -0.25) is 14.6 Å². The Labute approximate surface area is 168 Å². The van der Waals surface area contributed by atoms with Crippen LogP contribution in [0.3, 0.4) is 0 Å². The Kier molecular flexibility index (Phi) is 6.94. The highest BCUT2D eigenvalue weighted by molar-refractivity contribution is 5.77. The molecule has 1 aromatic carbocycles. The highest BCUT2D eigenvalue weighted by Gasteiger charge is 2.06. The highest BCUT2D eigenvalue weighted by Crippen LogP contribution is 2.19. The Morgan fingerprint density at radius 3 is 2.62 bits per heavy atom. The lowest BCUT2D eigenvalue weighted by Gasteiger charge is -2.10. The first-order valence-electron chi connectivity index (χ1n) is 9.26. The van der Waals surface area contributed by atoms with Crippen LogP contribution in [0.15, 0.2) is 65.7 Å². The van der Waals surface area contributed by atoms with Gasteiger partial charge in [0.05, 0.1) is 25.0 Å². The summed E-state index contributed by atoms with van der Waals surface area (Å²) in [4.78, 5) is 27.9. The minimum absolute atomic E-state index is 0.125. The van der Waals surface area contributed by atoms with Crippen LogP contribution in [0.1, 0.15) is 6.92 Å². The van der Waals surface area contributed by atoms with E-state index >= 15 is 0 Å². The maximum absolute atomic E-state index is 12.1. The molecule has 8 nitrogen and oxygen atoms in total. The number of ether oxygens (including phenoxy) is 2. The van der Waals surface area contributed by atoms with Crippen molar-refractivity contribution in [3.8, 4) is 22.8 Å². The predicted octanol–water partition coefficient (Wildman–Crippen LogP) is 1.90. The first-order valence-corrected chi connectivity index (χ1v) is 9.26. The van der Waals surface area contributed by atoms with Crippen LogP contribution in [-0.2, 0) is 11.3 Å². The number of nitrogens with zero attached hydrogens (tertiary/aromatic N) is 3. The van der Waals surface area contributed by atoms with Gasteiger partial charge < -0.3 is 14.8 Å². The number of pyridine rings is 1. The fourth-order valence-corrected chi connectivity index (χ4v) is 2.59. The number of amides is 1. The first kappa shape index (κ1) is 20.1. The maximum atomic E-state index is 12.1. The van der Waals surface area contributed by atoms with Crippen molar-refractivity contribution >= 4 is 5.91 Å². The third-order valence-electron chi connectivity index (χ3n) is 3.98. The monoisotopic (exact) mass is 394 g/mol. The van der Waals surface area contributed by atoms with Crippen molar-refractivity contribution in [1.82, 2.24) is 20.1 Å². The van der Waals surface area contributed by atoms with Gasteiger partial charge in [-0.25, -0.2) is 4.68 Å². The summed E-state index contributed by atoms with van der Waals surface area (Å²) >= 11 is 0. The largest absolute Gasteiger partial charge is 0.494 e. The molecule has 0 unspecified atom stereocenters. The molecule has 0 saturated carbocycles. The summed E-state index contributed by atoms with van der Waals surface area (Å²) < 4.78 is 12.1. The Morgan fingerprint density at radius 1 is 1.07 bits per heavy atom. The molecular formula is C21H22N4O4. The summed E-state index contributed by atoms with van der Waals surface area (Å²) in [5.41, 5.74) is 1.30. The van der Waals surface area contributed by atoms with Gasteiger partial charge in [-0.15, -0.1) is 0 Å². The normalized spacial score (nSPS) is 10.4. The van der Waals surface area contributed by atoms with Crippen molar-refractivity contribution < 1.29 is 14.3 Å². The minimum atomic E-state index is -0.287. The van der Waals surface area contributed by atoms with Crippen LogP contribution in [0.4, 0.5) is 0 Å². The van der Waals surface area contributed by atoms with Crippen molar-refractivity contribution in [3.63, 3.8) is 0 Å². The maximum Gasteiger partial charge on any atom is 0.266 e. The SMILES string of the molecule is CCOc1ccc(-c2ccc(=O)n(CCNC(=O)COc3cccnc3)n2)cc1. The summed E-state index contributed by atoms with van der Waals surface area (Å²) in [7, 11) is 0. The van der Waals surface area contributed by atoms with Crippen LogP contribution >= 0.6 is 0 Å². The molecule has 3 aromatic rings. The molecule has 0 aliphatic rings. The van der Waals surface area contributed by atoms with E-state index in [1.54, 1.807) is 24.4 Å². The van der Waals surface area contributed by atoms with Gasteiger partial charge in [-0.05, 0) is 49.4 Å². The number of rotatable bonds is 9. The van der Waals surface area contributed by atoms with Crippen LogP contribution in [0.25, 0.3) is 11.3 Å². The molecule has 2 heterocycles. The second-order valence-corrected chi connectivity index (χ2v) is 6.06. The molecule has 1 N–H and O–H groups in total. The quantitative estimate of drug-likeness (QED) is 0.596. The zero-order chi connectivity index (χ0) is 20.5. The topological polar surface area (TPSA) is 95.3 Å². The van der Waals surface area contributed by atoms with Crippen LogP contribution in [0, 0.1) is 0 Å². The molecule has 0 fully saturated rings. The Hall–Kier alpha value is -3.68. The molecule has 2 aromatic heterocycles. The zero-order valence-electron chi connectivity index (χ0n) is 16.1. The summed E-state index contributed by atoms with van der Waals surface area (Å²) in [5.74, 6) is 1.01. The van der Waals surface area contributed by atoms with Crippen LogP contribution in [-0.4, -0.2) is 40.4 Å². The fraction of sp³-hybridized carbons (Fsp3) is 0.238. The van der Waals surface area contributed by atoms with E-state index in [0.29, 0.717) is 18.1 Å². The lowest BCUT2D eigenvalue weighted by molar-refractivity contribution is -0.123. The smallest absolute Gasteiger partial charge is 0.266 e. The molecule has 29 heavy (non-hydrogen) atoms. The number of hydrogen-bond acceptors (Lipinski definition) is 6. The van der Waals surface area contributed by atoms with Gasteiger partial charge in [0.15, 0.2) is 6.61 Å². The number of hydrogen-bond donors (Lipinski definition) is 1. The molecule has 0 spiro atoms. The van der Waals surface area contributed by atoms with E-state index in [4.69, 9.17) is 9.47 Å². The van der Waals surface area contributed by atoms with Gasteiger partial charge in [0.25, 0.3) is 11.5 Å². The van der Waals surface area contributed by atoms with Gasteiger partial charge in [-0.1, -0.05) is 0 Å². The van der Waals surface area contributed by atoms with Gasteiger partial charge >= 0.3 is 0 Å². The molecule has 3 rings (SSSR count). The number of nitrogens with one attached hydrogen (secondary N) is 1. The van der Waals surface area contributed by atoms with Crippen LogP contribution in [0.5, 0.6) is 11.5 Å². The third kappa shape index (κ3) is 5.90. The van der Waals surface area contributed by atoms with Gasteiger partial charge in [0.1, 0.15) is 11.5 Å². The fourth-order valence-electron chi connectivity index (χ4n) is 2.59. The van der Waals surface area contributed by atoms with E-state index in [0.717, 1.165) is 11.3 Å². The summed E-state index contributed by atoms with van der Waals surface area (Å²) in [5, 5.41) is 7.09. The molecule has 0 radical (unpaired) electrons. The number of aromatic nitrogens is 3. The molecule has 0 saturated heterocycles. The van der Waals surface area contributed by atoms with Crippen LogP contribution in [0.2, 0.25) is 0 Å². The third-order valence-corrected chi connectivity index (χ3v) is 3.98. The van der Waals surface area contributed by atoms with E-state index in [1.165, 1.54) is 16.9 Å². The zero-order valence-corrected chi connectivity index (χ0v) is 16.1. The van der Waals surface area contributed by atoms with Crippen molar-refractivity contribution in [2.75, 3.05) is 19.8 Å². The van der Waals surface area contributed by atoms with Crippen molar-refractivity contribution in [2.45, 2.75) is 13.5 Å². The second-order valence-electron chi connectivity index (χ2n) is 6.06. The Bertz CT molecular complexity index is 988. The van der Waals surface area contributed by atoms with Gasteiger partial charge in [-0.2, -0.15) is 5.10 Å². The lowest BCUT2D eigenvalue weighted by atomic mass is 10.1. The molecular weight excluding hydrogens is 372 g/mol. The molecule has 0 bridgehead atoms. The predicted molar refractivity (Wildman–Crippen MR) is 108 cm³/mol. The average molecular weight is 394 g/mol. The molecule has 0 aliphatic heterocycles. The Morgan fingerprint density at radius 2 is 1.90 bits per heavy atom. The highest BCUT2D eigenvalue weighted by atomic mass is 16.5. The molecule has 0 aliphatic carbocycles. The first-order chi connectivity index (χ1) is 14.2. The molecule has 0 atom stereocenters. The number of benzene rings is 1. The second kappa shape index (κ2) is 10.0. The van der Waals surface area contributed by atoms with Crippen molar-refractivity contribution in [1.29, 1.82) is 0 Å². The van der Waals surface area contributed by atoms with E-state index in [9.17, 15) is 9.59 Å². The molecule has 8 heteroatoms. The summed E-state index contributed by atoms with van der Waals surface area (Å²) in [6.07, 6.45) is 3.16. The number of carbonyl (C=O) groups is 1. The summed E-state index contributed by atoms with van der Waals surface area (Å²) in [6.45, 7) is 2.91.